The van der Waals surface area contributed by atoms with E-state index in [9.17, 15) is 9.59 Å². The van der Waals surface area contributed by atoms with E-state index < -0.39 is 0 Å². The van der Waals surface area contributed by atoms with E-state index in [1.54, 1.807) is 0 Å². The molecule has 0 bridgehead atoms. The van der Waals surface area contributed by atoms with Crippen LogP contribution in [0.25, 0.3) is 0 Å². The number of rotatable bonds is 4. The molecule has 16 heavy (non-hydrogen) atoms. The Balaban J connectivity index is 1.95. The van der Waals surface area contributed by atoms with Crippen molar-refractivity contribution >= 4 is 11.8 Å². The second kappa shape index (κ2) is 4.82. The van der Waals surface area contributed by atoms with Gasteiger partial charge in [0.2, 0.25) is 11.8 Å². The Bertz CT molecular complexity index is 289. The fourth-order valence-electron chi connectivity index (χ4n) is 2.22. The first-order valence-corrected chi connectivity index (χ1v) is 6.00. The SMILES string of the molecule is CCCN(C(=O)C1CNC(=O)C1)C1CNC1. The van der Waals surface area contributed by atoms with Gasteiger partial charge in [0.15, 0.2) is 0 Å². The molecule has 5 heteroatoms. The van der Waals surface area contributed by atoms with Gasteiger partial charge in [-0.1, -0.05) is 6.92 Å². The normalized spacial score (nSPS) is 25.1. The Morgan fingerprint density at radius 1 is 1.44 bits per heavy atom. The molecule has 2 rings (SSSR count). The van der Waals surface area contributed by atoms with Crippen LogP contribution in [-0.2, 0) is 9.59 Å². The lowest BCUT2D eigenvalue weighted by atomic mass is 10.0. The summed E-state index contributed by atoms with van der Waals surface area (Å²) in [5, 5.41) is 5.90. The van der Waals surface area contributed by atoms with Gasteiger partial charge in [0.25, 0.3) is 0 Å². The first-order chi connectivity index (χ1) is 7.72. The van der Waals surface area contributed by atoms with E-state index in [2.05, 4.69) is 17.6 Å². The highest BCUT2D eigenvalue weighted by Crippen LogP contribution is 2.16. The van der Waals surface area contributed by atoms with Gasteiger partial charge in [-0.3, -0.25) is 9.59 Å². The summed E-state index contributed by atoms with van der Waals surface area (Å²) in [7, 11) is 0. The summed E-state index contributed by atoms with van der Waals surface area (Å²) >= 11 is 0. The molecule has 2 aliphatic rings. The molecule has 2 aliphatic heterocycles. The van der Waals surface area contributed by atoms with E-state index in [0.29, 0.717) is 19.0 Å². The zero-order chi connectivity index (χ0) is 11.5. The molecule has 2 amide bonds. The van der Waals surface area contributed by atoms with E-state index in [4.69, 9.17) is 0 Å². The summed E-state index contributed by atoms with van der Waals surface area (Å²) in [6, 6.07) is 0.336. The van der Waals surface area contributed by atoms with Crippen LogP contribution in [0.15, 0.2) is 0 Å². The van der Waals surface area contributed by atoms with Gasteiger partial charge >= 0.3 is 0 Å². The number of hydrogen-bond donors (Lipinski definition) is 2. The average molecular weight is 225 g/mol. The van der Waals surface area contributed by atoms with Gasteiger partial charge in [0, 0.05) is 32.6 Å². The van der Waals surface area contributed by atoms with Crippen LogP contribution < -0.4 is 10.6 Å². The maximum atomic E-state index is 12.2. The minimum absolute atomic E-state index is 0.00142. The molecule has 0 radical (unpaired) electrons. The molecular weight excluding hydrogens is 206 g/mol. The van der Waals surface area contributed by atoms with Crippen LogP contribution in [0.5, 0.6) is 0 Å². The number of hydrogen-bond acceptors (Lipinski definition) is 3. The maximum absolute atomic E-state index is 12.2. The molecule has 0 aromatic carbocycles. The second-order valence-corrected chi connectivity index (χ2v) is 4.55. The largest absolute Gasteiger partial charge is 0.355 e. The topological polar surface area (TPSA) is 61.4 Å². The van der Waals surface area contributed by atoms with E-state index in [1.807, 2.05) is 4.90 Å². The first-order valence-electron chi connectivity index (χ1n) is 6.00. The molecule has 0 spiro atoms. The van der Waals surface area contributed by atoms with Gasteiger partial charge in [-0.05, 0) is 6.42 Å². The fourth-order valence-corrected chi connectivity index (χ4v) is 2.22. The summed E-state index contributed by atoms with van der Waals surface area (Å²) in [6.07, 6.45) is 1.33. The molecule has 0 aliphatic carbocycles. The quantitative estimate of drug-likeness (QED) is 0.667. The smallest absolute Gasteiger partial charge is 0.228 e. The van der Waals surface area contributed by atoms with Crippen LogP contribution in [0.1, 0.15) is 19.8 Å². The van der Waals surface area contributed by atoms with Crippen molar-refractivity contribution in [2.75, 3.05) is 26.2 Å². The highest BCUT2D eigenvalue weighted by atomic mass is 16.2. The summed E-state index contributed by atoms with van der Waals surface area (Å²) in [5.74, 6) is 0.00730. The maximum Gasteiger partial charge on any atom is 0.228 e. The summed E-state index contributed by atoms with van der Waals surface area (Å²) < 4.78 is 0. The van der Waals surface area contributed by atoms with Gasteiger partial charge < -0.3 is 15.5 Å². The summed E-state index contributed by atoms with van der Waals surface area (Å²) in [5.41, 5.74) is 0. The first kappa shape index (κ1) is 11.4. The van der Waals surface area contributed by atoms with Gasteiger partial charge in [-0.15, -0.1) is 0 Å². The summed E-state index contributed by atoms with van der Waals surface area (Å²) in [6.45, 7) is 5.16. The van der Waals surface area contributed by atoms with Crippen LogP contribution in [0.3, 0.4) is 0 Å². The highest BCUT2D eigenvalue weighted by Gasteiger charge is 2.35. The lowest BCUT2D eigenvalue weighted by molar-refractivity contribution is -0.139. The van der Waals surface area contributed by atoms with E-state index in [1.165, 1.54) is 0 Å². The monoisotopic (exact) mass is 225 g/mol. The predicted octanol–water partition coefficient (Wildman–Crippen LogP) is -0.667. The van der Waals surface area contributed by atoms with Crippen molar-refractivity contribution in [3.8, 4) is 0 Å². The minimum Gasteiger partial charge on any atom is -0.355 e. The molecule has 2 saturated heterocycles. The lowest BCUT2D eigenvalue weighted by Gasteiger charge is -2.39. The van der Waals surface area contributed by atoms with Crippen LogP contribution in [0, 0.1) is 5.92 Å². The minimum atomic E-state index is -0.139. The van der Waals surface area contributed by atoms with E-state index >= 15 is 0 Å². The van der Waals surface area contributed by atoms with Crippen molar-refractivity contribution in [3.63, 3.8) is 0 Å². The predicted molar refractivity (Wildman–Crippen MR) is 59.8 cm³/mol. The average Bonchev–Trinajstić information content (AvgIpc) is 2.60. The number of nitrogens with one attached hydrogen (secondary N) is 2. The van der Waals surface area contributed by atoms with Gasteiger partial charge in [0.05, 0.1) is 12.0 Å². The molecule has 90 valence electrons. The van der Waals surface area contributed by atoms with E-state index in [0.717, 1.165) is 26.1 Å². The third-order valence-corrected chi connectivity index (χ3v) is 3.27. The Morgan fingerprint density at radius 3 is 2.62 bits per heavy atom. The molecule has 2 N–H and O–H groups in total. The lowest BCUT2D eigenvalue weighted by Crippen LogP contribution is -2.60. The molecule has 2 fully saturated rings. The highest BCUT2D eigenvalue weighted by molar-refractivity contribution is 5.89. The number of carbonyl (C=O) groups is 2. The Morgan fingerprint density at radius 2 is 2.19 bits per heavy atom. The molecule has 2 heterocycles. The molecule has 1 atom stereocenters. The molecular formula is C11H19N3O2. The van der Waals surface area contributed by atoms with Gasteiger partial charge in [-0.2, -0.15) is 0 Å². The number of amides is 2. The number of nitrogens with zero attached hydrogens (tertiary/aromatic N) is 1. The van der Waals surface area contributed by atoms with Crippen molar-refractivity contribution in [2.45, 2.75) is 25.8 Å². The van der Waals surface area contributed by atoms with Crippen molar-refractivity contribution in [1.82, 2.24) is 15.5 Å². The molecule has 0 aromatic heterocycles. The number of carbonyl (C=O) groups excluding carboxylic acids is 2. The zero-order valence-electron chi connectivity index (χ0n) is 9.66. The Labute approximate surface area is 95.6 Å². The van der Waals surface area contributed by atoms with Crippen LogP contribution in [0.2, 0.25) is 0 Å². The van der Waals surface area contributed by atoms with Gasteiger partial charge in [0.1, 0.15) is 0 Å². The third kappa shape index (κ3) is 2.19. The Hall–Kier alpha value is -1.10. The molecule has 0 aromatic rings. The standard InChI is InChI=1S/C11H19N3O2/c1-2-3-14(9-6-12-7-9)11(16)8-4-10(15)13-5-8/h8-9,12H,2-7H2,1H3,(H,13,15). The molecule has 1 unspecified atom stereocenters. The van der Waals surface area contributed by atoms with Crippen LogP contribution in [-0.4, -0.2) is 48.9 Å². The van der Waals surface area contributed by atoms with Gasteiger partial charge in [-0.25, -0.2) is 0 Å². The third-order valence-electron chi connectivity index (χ3n) is 3.27. The molecule has 5 nitrogen and oxygen atoms in total. The van der Waals surface area contributed by atoms with Crippen LogP contribution >= 0.6 is 0 Å². The van der Waals surface area contributed by atoms with Crippen molar-refractivity contribution in [3.05, 3.63) is 0 Å². The van der Waals surface area contributed by atoms with Crippen molar-refractivity contribution < 1.29 is 9.59 Å². The van der Waals surface area contributed by atoms with E-state index in [-0.39, 0.29) is 17.7 Å². The molecule has 0 saturated carbocycles. The second-order valence-electron chi connectivity index (χ2n) is 4.55. The summed E-state index contributed by atoms with van der Waals surface area (Å²) in [4.78, 5) is 25.3. The Kier molecular flexibility index (Phi) is 3.43. The zero-order valence-corrected chi connectivity index (χ0v) is 9.66. The van der Waals surface area contributed by atoms with Crippen molar-refractivity contribution in [2.24, 2.45) is 5.92 Å². The van der Waals surface area contributed by atoms with Crippen LogP contribution in [0.4, 0.5) is 0 Å². The van der Waals surface area contributed by atoms with Crippen molar-refractivity contribution in [1.29, 1.82) is 0 Å². The fraction of sp³-hybridized carbons (Fsp3) is 0.818.